The maximum absolute atomic E-state index is 11.2. The van der Waals surface area contributed by atoms with Crippen LogP contribution in [0.4, 0.5) is 10.5 Å². The number of carbonyl (C=O) groups is 1. The number of aryl methyl sites for hydroxylation is 1. The van der Waals surface area contributed by atoms with E-state index in [0.29, 0.717) is 0 Å². The third kappa shape index (κ3) is 27.9. The second-order valence-corrected chi connectivity index (χ2v) is 13.1. The Morgan fingerprint density at radius 2 is 1.06 bits per heavy atom. The van der Waals surface area contributed by atoms with Crippen LogP contribution in [0.25, 0.3) is 0 Å². The van der Waals surface area contributed by atoms with Gasteiger partial charge in [-0.3, -0.25) is 10.1 Å². The van der Waals surface area contributed by atoms with E-state index in [0.717, 1.165) is 83.5 Å². The molecule has 270 valence electrons. The lowest BCUT2D eigenvalue weighted by Gasteiger charge is -2.15. The van der Waals surface area contributed by atoms with E-state index in [2.05, 4.69) is 55.5 Å². The molecule has 1 aromatic carbocycles. The van der Waals surface area contributed by atoms with Gasteiger partial charge in [0.1, 0.15) is 6.10 Å². The minimum atomic E-state index is -1.14. The number of carboxylic acid groups (broad SMARTS) is 1. The SMILES string of the molecule is CCCCC/C=C\C/C=C\CCCCCCCC(CCCCCCC/C=C\C/C=C\CCCCCc1ccc([N+](=O)[O-])cc1)OC(=O)O. The molecule has 1 N–H and O–H groups in total. The van der Waals surface area contributed by atoms with Crippen molar-refractivity contribution >= 4 is 11.8 Å². The molecule has 0 aliphatic rings. The summed E-state index contributed by atoms with van der Waals surface area (Å²) in [5.74, 6) is 0. The van der Waals surface area contributed by atoms with Crippen LogP contribution >= 0.6 is 0 Å². The van der Waals surface area contributed by atoms with Crippen LogP contribution < -0.4 is 0 Å². The molecule has 0 heterocycles. The van der Waals surface area contributed by atoms with Gasteiger partial charge in [-0.25, -0.2) is 4.79 Å². The van der Waals surface area contributed by atoms with Gasteiger partial charge < -0.3 is 9.84 Å². The first-order valence-corrected chi connectivity index (χ1v) is 19.3. The third-order valence-electron chi connectivity index (χ3n) is 8.73. The Kier molecular flexibility index (Phi) is 28.9. The molecule has 1 aromatic rings. The van der Waals surface area contributed by atoms with Crippen molar-refractivity contribution in [1.29, 1.82) is 0 Å². The van der Waals surface area contributed by atoms with Gasteiger partial charge in [0.15, 0.2) is 0 Å². The summed E-state index contributed by atoms with van der Waals surface area (Å²) in [6.45, 7) is 2.24. The molecule has 0 fully saturated rings. The number of benzene rings is 1. The molecular formula is C42H67NO5. The maximum atomic E-state index is 11.2. The average molecular weight is 666 g/mol. The molecule has 1 rings (SSSR count). The summed E-state index contributed by atoms with van der Waals surface area (Å²) >= 11 is 0. The number of unbranched alkanes of at least 4 members (excludes halogenated alkanes) is 16. The Hall–Kier alpha value is -3.15. The number of nitro groups is 1. The van der Waals surface area contributed by atoms with Gasteiger partial charge in [0, 0.05) is 12.1 Å². The summed E-state index contributed by atoms with van der Waals surface area (Å²) in [6, 6.07) is 6.90. The molecule has 0 bridgehead atoms. The van der Waals surface area contributed by atoms with Gasteiger partial charge in [-0.15, -0.1) is 0 Å². The van der Waals surface area contributed by atoms with Crippen LogP contribution in [0.1, 0.15) is 167 Å². The zero-order chi connectivity index (χ0) is 34.8. The first-order chi connectivity index (χ1) is 23.5. The first-order valence-electron chi connectivity index (χ1n) is 19.3. The smallest absolute Gasteiger partial charge is 0.450 e. The Balaban J connectivity index is 1.94. The summed E-state index contributed by atoms with van der Waals surface area (Å²) in [7, 11) is 0. The second-order valence-electron chi connectivity index (χ2n) is 13.1. The van der Waals surface area contributed by atoms with Crippen molar-refractivity contribution in [2.45, 2.75) is 174 Å². The van der Waals surface area contributed by atoms with E-state index in [1.165, 1.54) is 82.6 Å². The maximum Gasteiger partial charge on any atom is 0.506 e. The average Bonchev–Trinajstić information content (AvgIpc) is 3.07. The highest BCUT2D eigenvalue weighted by Crippen LogP contribution is 2.18. The van der Waals surface area contributed by atoms with Crippen LogP contribution in [0, 0.1) is 10.1 Å². The number of nitrogens with zero attached hydrogens (tertiary/aromatic N) is 1. The molecule has 0 aliphatic heterocycles. The van der Waals surface area contributed by atoms with E-state index >= 15 is 0 Å². The van der Waals surface area contributed by atoms with Crippen molar-refractivity contribution in [3.8, 4) is 0 Å². The van der Waals surface area contributed by atoms with Crippen LogP contribution in [0.15, 0.2) is 72.9 Å². The van der Waals surface area contributed by atoms with Crippen molar-refractivity contribution in [2.75, 3.05) is 0 Å². The highest BCUT2D eigenvalue weighted by atomic mass is 16.7. The molecule has 0 aliphatic carbocycles. The molecule has 0 spiro atoms. The summed E-state index contributed by atoms with van der Waals surface area (Å²) in [6.07, 6.45) is 45.3. The van der Waals surface area contributed by atoms with Gasteiger partial charge in [-0.05, 0) is 108 Å². The molecule has 0 saturated heterocycles. The fourth-order valence-corrected chi connectivity index (χ4v) is 5.81. The van der Waals surface area contributed by atoms with E-state index in [1.807, 2.05) is 12.1 Å². The van der Waals surface area contributed by atoms with Crippen LogP contribution in [0.3, 0.4) is 0 Å². The zero-order valence-corrected chi connectivity index (χ0v) is 30.2. The molecule has 0 radical (unpaired) electrons. The molecule has 0 saturated carbocycles. The molecule has 48 heavy (non-hydrogen) atoms. The topological polar surface area (TPSA) is 89.7 Å². The number of ether oxygens (including phenoxy) is 1. The fourth-order valence-electron chi connectivity index (χ4n) is 5.81. The van der Waals surface area contributed by atoms with Crippen LogP contribution in [0.5, 0.6) is 0 Å². The van der Waals surface area contributed by atoms with Crippen molar-refractivity contribution in [3.05, 3.63) is 88.6 Å². The molecule has 6 heteroatoms. The van der Waals surface area contributed by atoms with Crippen LogP contribution in [0.2, 0.25) is 0 Å². The highest BCUT2D eigenvalue weighted by molar-refractivity contribution is 5.57. The number of nitro benzene ring substituents is 1. The fraction of sp³-hybridized carbons (Fsp3) is 0.643. The quantitative estimate of drug-likeness (QED) is 0.0272. The predicted octanol–water partition coefficient (Wildman–Crippen LogP) is 13.8. The minimum absolute atomic E-state index is 0.154. The van der Waals surface area contributed by atoms with Crippen molar-refractivity contribution < 1.29 is 19.6 Å². The van der Waals surface area contributed by atoms with E-state index in [9.17, 15) is 14.9 Å². The van der Waals surface area contributed by atoms with Gasteiger partial charge in [-0.1, -0.05) is 125 Å². The largest absolute Gasteiger partial charge is 0.506 e. The Morgan fingerprint density at radius 1 is 0.646 bits per heavy atom. The van der Waals surface area contributed by atoms with Gasteiger partial charge >= 0.3 is 6.16 Å². The lowest BCUT2D eigenvalue weighted by Crippen LogP contribution is -2.16. The molecule has 0 aromatic heterocycles. The predicted molar refractivity (Wildman–Crippen MR) is 203 cm³/mol. The second kappa shape index (κ2) is 32.4. The van der Waals surface area contributed by atoms with E-state index in [-0.39, 0.29) is 16.7 Å². The summed E-state index contributed by atoms with van der Waals surface area (Å²) in [4.78, 5) is 21.5. The summed E-state index contributed by atoms with van der Waals surface area (Å²) < 4.78 is 5.19. The third-order valence-corrected chi connectivity index (χ3v) is 8.73. The Bertz CT molecular complexity index is 1030. The molecule has 1 atom stereocenters. The molecular weight excluding hydrogens is 598 g/mol. The van der Waals surface area contributed by atoms with Crippen LogP contribution in [-0.4, -0.2) is 22.3 Å². The van der Waals surface area contributed by atoms with Crippen molar-refractivity contribution in [2.24, 2.45) is 0 Å². The highest BCUT2D eigenvalue weighted by Gasteiger charge is 2.13. The van der Waals surface area contributed by atoms with E-state index in [1.54, 1.807) is 12.1 Å². The lowest BCUT2D eigenvalue weighted by molar-refractivity contribution is -0.384. The number of allylic oxidation sites excluding steroid dienone is 8. The molecule has 1 unspecified atom stereocenters. The van der Waals surface area contributed by atoms with Gasteiger partial charge in [0.25, 0.3) is 5.69 Å². The summed E-state index contributed by atoms with van der Waals surface area (Å²) in [5, 5.41) is 19.9. The Morgan fingerprint density at radius 3 is 1.50 bits per heavy atom. The van der Waals surface area contributed by atoms with Crippen molar-refractivity contribution in [1.82, 2.24) is 0 Å². The Labute approximate surface area is 293 Å². The lowest BCUT2D eigenvalue weighted by atomic mass is 10.0. The summed E-state index contributed by atoms with van der Waals surface area (Å²) in [5.41, 5.74) is 1.32. The van der Waals surface area contributed by atoms with Gasteiger partial charge in [-0.2, -0.15) is 0 Å². The normalized spacial score (nSPS) is 12.6. The molecule has 0 amide bonds. The standard InChI is InChI=1S/C42H67NO5/c1-2-3-4-5-6-7-8-9-11-15-18-21-24-27-30-33-41(48-42(44)45)34-31-28-25-22-19-16-13-10-12-14-17-20-23-26-29-32-39-35-37-40(38-36-39)43(46)47/h6-7,9-11,13-14,17,35-38,41H,2-5,8,12,15-16,18-34H2,1H3,(H,44,45)/b7-6-,11-9-,13-10-,17-14-. The van der Waals surface area contributed by atoms with Crippen molar-refractivity contribution in [3.63, 3.8) is 0 Å². The van der Waals surface area contributed by atoms with Gasteiger partial charge in [0.2, 0.25) is 0 Å². The number of rotatable bonds is 32. The van der Waals surface area contributed by atoms with E-state index in [4.69, 9.17) is 9.84 Å². The zero-order valence-electron chi connectivity index (χ0n) is 30.2. The monoisotopic (exact) mass is 666 g/mol. The number of hydrogen-bond acceptors (Lipinski definition) is 4. The molecule has 6 nitrogen and oxygen atoms in total. The first kappa shape index (κ1) is 42.9. The van der Waals surface area contributed by atoms with Gasteiger partial charge in [0.05, 0.1) is 4.92 Å². The number of hydrogen-bond donors (Lipinski definition) is 1. The van der Waals surface area contributed by atoms with E-state index < -0.39 is 6.16 Å². The van der Waals surface area contributed by atoms with Crippen LogP contribution in [-0.2, 0) is 11.2 Å². The minimum Gasteiger partial charge on any atom is -0.450 e. The number of non-ortho nitro benzene ring substituents is 1.